The van der Waals surface area contributed by atoms with Crippen molar-refractivity contribution in [3.8, 4) is 0 Å². The van der Waals surface area contributed by atoms with Gasteiger partial charge in [-0.1, -0.05) is 0 Å². The van der Waals surface area contributed by atoms with Crippen LogP contribution in [0.3, 0.4) is 0 Å². The molecule has 4 N–H and O–H groups in total. The highest BCUT2D eigenvalue weighted by atomic mass is 19.1. The zero-order valence-electron chi connectivity index (χ0n) is 9.26. The van der Waals surface area contributed by atoms with E-state index >= 15 is 0 Å². The van der Waals surface area contributed by atoms with Gasteiger partial charge in [-0.3, -0.25) is 10.1 Å². The number of nitrogens with zero attached hydrogens (tertiary/aromatic N) is 1. The van der Waals surface area contributed by atoms with Crippen molar-refractivity contribution in [3.05, 3.63) is 34.1 Å². The lowest BCUT2D eigenvalue weighted by molar-refractivity contribution is -0.384. The van der Waals surface area contributed by atoms with Crippen LogP contribution in [0.4, 0.5) is 15.8 Å². The molecule has 1 aromatic rings. The molecule has 0 heterocycles. The highest BCUT2D eigenvalue weighted by molar-refractivity contribution is 5.61. The number of benzene rings is 1. The molecular formula is C10H14FN3O3. The fourth-order valence-corrected chi connectivity index (χ4v) is 1.20. The predicted octanol–water partition coefficient (Wildman–Crippen LogP) is 0.854. The first-order chi connectivity index (χ1) is 7.91. The highest BCUT2D eigenvalue weighted by Crippen LogP contribution is 2.24. The summed E-state index contributed by atoms with van der Waals surface area (Å²) >= 11 is 0. The van der Waals surface area contributed by atoms with Crippen LogP contribution in [0.5, 0.6) is 0 Å². The van der Waals surface area contributed by atoms with E-state index in [1.54, 1.807) is 0 Å². The molecule has 0 saturated carbocycles. The van der Waals surface area contributed by atoms with E-state index in [9.17, 15) is 14.5 Å². The Balaban J connectivity index is 2.80. The van der Waals surface area contributed by atoms with Crippen LogP contribution in [0, 0.1) is 15.9 Å². The van der Waals surface area contributed by atoms with Gasteiger partial charge in [0.2, 0.25) is 0 Å². The average molecular weight is 243 g/mol. The third-order valence-corrected chi connectivity index (χ3v) is 2.30. The first kappa shape index (κ1) is 13.3. The summed E-state index contributed by atoms with van der Waals surface area (Å²) in [5.74, 6) is -0.679. The molecule has 0 amide bonds. The molecule has 0 radical (unpaired) electrons. The second kappa shape index (κ2) is 5.55. The number of hydrogen-bond donors (Lipinski definition) is 3. The fourth-order valence-electron chi connectivity index (χ4n) is 1.20. The molecule has 1 aromatic carbocycles. The van der Waals surface area contributed by atoms with Gasteiger partial charge in [-0.05, 0) is 19.1 Å². The molecule has 6 nitrogen and oxygen atoms in total. The Morgan fingerprint density at radius 3 is 2.82 bits per heavy atom. The number of nitro benzene ring substituents is 1. The smallest absolute Gasteiger partial charge is 0.295 e. The van der Waals surface area contributed by atoms with Crippen molar-refractivity contribution in [3.63, 3.8) is 0 Å². The largest absolute Gasteiger partial charge is 0.392 e. The second-order valence-electron chi connectivity index (χ2n) is 3.70. The van der Waals surface area contributed by atoms with Crippen molar-refractivity contribution in [2.75, 3.05) is 11.9 Å². The van der Waals surface area contributed by atoms with Crippen molar-refractivity contribution in [1.29, 1.82) is 0 Å². The third kappa shape index (κ3) is 3.65. The van der Waals surface area contributed by atoms with E-state index in [1.807, 2.05) is 0 Å². The van der Waals surface area contributed by atoms with Crippen LogP contribution in [0.15, 0.2) is 18.2 Å². The van der Waals surface area contributed by atoms with Gasteiger partial charge in [-0.15, -0.1) is 0 Å². The van der Waals surface area contributed by atoms with Crippen molar-refractivity contribution in [2.24, 2.45) is 5.73 Å². The van der Waals surface area contributed by atoms with Gasteiger partial charge in [-0.25, -0.2) is 4.39 Å². The topological polar surface area (TPSA) is 101 Å². The first-order valence-electron chi connectivity index (χ1n) is 5.03. The number of rotatable bonds is 5. The predicted molar refractivity (Wildman–Crippen MR) is 61.2 cm³/mol. The molecule has 94 valence electrons. The van der Waals surface area contributed by atoms with E-state index in [1.165, 1.54) is 13.0 Å². The third-order valence-electron chi connectivity index (χ3n) is 2.30. The van der Waals surface area contributed by atoms with Gasteiger partial charge in [-0.2, -0.15) is 0 Å². The number of nitro groups is 1. The van der Waals surface area contributed by atoms with Crippen molar-refractivity contribution in [1.82, 2.24) is 0 Å². The van der Waals surface area contributed by atoms with Gasteiger partial charge in [0.15, 0.2) is 0 Å². The summed E-state index contributed by atoms with van der Waals surface area (Å²) in [5.41, 5.74) is 5.38. The summed E-state index contributed by atoms with van der Waals surface area (Å²) in [5, 5.41) is 22.5. The molecule has 0 bridgehead atoms. The van der Waals surface area contributed by atoms with E-state index in [0.29, 0.717) is 0 Å². The maximum Gasteiger partial charge on any atom is 0.295 e. The summed E-state index contributed by atoms with van der Waals surface area (Å²) in [7, 11) is 0. The number of aliphatic hydroxyl groups excluding tert-OH is 1. The van der Waals surface area contributed by atoms with E-state index in [0.717, 1.165) is 12.1 Å². The zero-order valence-corrected chi connectivity index (χ0v) is 9.26. The lowest BCUT2D eigenvalue weighted by Gasteiger charge is -2.16. The Hall–Kier alpha value is -1.73. The van der Waals surface area contributed by atoms with E-state index < -0.39 is 22.9 Å². The zero-order chi connectivity index (χ0) is 13.0. The number of nitrogens with two attached hydrogens (primary N) is 1. The van der Waals surface area contributed by atoms with Crippen LogP contribution >= 0.6 is 0 Å². The lowest BCUT2D eigenvalue weighted by Crippen LogP contribution is -2.38. The standard InChI is InChI=1S/C10H14FN3O3/c1-6(15)8(12)5-13-9-3-2-7(11)4-10(9)14(16)17/h2-4,6,8,13,15H,5,12H2,1H3. The molecule has 0 fully saturated rings. The Morgan fingerprint density at radius 2 is 2.29 bits per heavy atom. The average Bonchev–Trinajstić information content (AvgIpc) is 2.26. The van der Waals surface area contributed by atoms with E-state index in [-0.39, 0.29) is 17.9 Å². The molecule has 2 atom stereocenters. The monoisotopic (exact) mass is 243 g/mol. The summed E-state index contributed by atoms with van der Waals surface area (Å²) in [4.78, 5) is 9.99. The molecule has 7 heteroatoms. The van der Waals surface area contributed by atoms with Gasteiger partial charge in [0.25, 0.3) is 5.69 Å². The maximum absolute atomic E-state index is 12.8. The van der Waals surface area contributed by atoms with Gasteiger partial charge in [0.05, 0.1) is 17.1 Å². The summed E-state index contributed by atoms with van der Waals surface area (Å²) in [6.07, 6.45) is -0.734. The minimum atomic E-state index is -0.734. The summed E-state index contributed by atoms with van der Waals surface area (Å²) in [6.45, 7) is 1.68. The SMILES string of the molecule is CC(O)C(N)CNc1ccc(F)cc1[N+](=O)[O-]. The van der Waals surface area contributed by atoms with E-state index in [2.05, 4.69) is 5.32 Å². The molecule has 2 unspecified atom stereocenters. The molecule has 0 aliphatic heterocycles. The number of halogens is 1. The van der Waals surface area contributed by atoms with Crippen LogP contribution in [0.1, 0.15) is 6.92 Å². The van der Waals surface area contributed by atoms with Crippen LogP contribution in [-0.4, -0.2) is 28.7 Å². The van der Waals surface area contributed by atoms with Gasteiger partial charge in [0, 0.05) is 12.6 Å². The van der Waals surface area contributed by atoms with Crippen LogP contribution in [0.2, 0.25) is 0 Å². The molecule has 0 aliphatic rings. The minimum Gasteiger partial charge on any atom is -0.392 e. The molecule has 0 saturated heterocycles. The van der Waals surface area contributed by atoms with Crippen LogP contribution < -0.4 is 11.1 Å². The van der Waals surface area contributed by atoms with Crippen LogP contribution in [-0.2, 0) is 0 Å². The molecule has 17 heavy (non-hydrogen) atoms. The normalized spacial score (nSPS) is 14.1. The van der Waals surface area contributed by atoms with Crippen molar-refractivity contribution >= 4 is 11.4 Å². The summed E-state index contributed by atoms with van der Waals surface area (Å²) < 4.78 is 12.8. The molecule has 0 aliphatic carbocycles. The molecule has 0 aromatic heterocycles. The second-order valence-corrected chi connectivity index (χ2v) is 3.70. The van der Waals surface area contributed by atoms with Gasteiger partial charge in [0.1, 0.15) is 11.5 Å². The lowest BCUT2D eigenvalue weighted by atomic mass is 10.2. The first-order valence-corrected chi connectivity index (χ1v) is 5.03. The van der Waals surface area contributed by atoms with E-state index in [4.69, 9.17) is 10.8 Å². The van der Waals surface area contributed by atoms with Crippen LogP contribution in [0.25, 0.3) is 0 Å². The Labute approximate surface area is 97.4 Å². The van der Waals surface area contributed by atoms with Crippen molar-refractivity contribution < 1.29 is 14.4 Å². The molecule has 0 spiro atoms. The summed E-state index contributed by atoms with van der Waals surface area (Å²) in [6, 6.07) is 2.65. The molecular weight excluding hydrogens is 229 g/mol. The minimum absolute atomic E-state index is 0.157. The Morgan fingerprint density at radius 1 is 1.65 bits per heavy atom. The number of nitrogens with one attached hydrogen (secondary N) is 1. The van der Waals surface area contributed by atoms with Gasteiger partial charge >= 0.3 is 0 Å². The number of anilines is 1. The van der Waals surface area contributed by atoms with Crippen molar-refractivity contribution in [2.45, 2.75) is 19.1 Å². The fraction of sp³-hybridized carbons (Fsp3) is 0.400. The Kier molecular flexibility index (Phi) is 4.36. The molecule has 1 rings (SSSR count). The Bertz CT molecular complexity index is 412. The quantitative estimate of drug-likeness (QED) is 0.525. The number of hydrogen-bond acceptors (Lipinski definition) is 5. The van der Waals surface area contributed by atoms with Gasteiger partial charge < -0.3 is 16.2 Å². The number of aliphatic hydroxyl groups is 1. The highest BCUT2D eigenvalue weighted by Gasteiger charge is 2.16. The maximum atomic E-state index is 12.8.